The zero-order valence-corrected chi connectivity index (χ0v) is 8.30. The number of nitrogens with zero attached hydrogens (tertiary/aromatic N) is 1. The third kappa shape index (κ3) is 2.93. The molecule has 1 atom stereocenters. The summed E-state index contributed by atoms with van der Waals surface area (Å²) in [6.45, 7) is 6.54. The number of piperidine rings is 1. The number of hydrogen-bond acceptors (Lipinski definition) is 3. The third-order valence-electron chi connectivity index (χ3n) is 2.99. The summed E-state index contributed by atoms with van der Waals surface area (Å²) in [7, 11) is 0. The maximum absolute atomic E-state index is 5.33. The van der Waals surface area contributed by atoms with Crippen LogP contribution in [0, 0.1) is 0 Å². The maximum atomic E-state index is 5.33. The molecule has 2 aliphatic rings. The van der Waals surface area contributed by atoms with Gasteiger partial charge in [0.05, 0.1) is 13.2 Å². The van der Waals surface area contributed by atoms with E-state index in [-0.39, 0.29) is 0 Å². The zero-order valence-electron chi connectivity index (χ0n) is 8.30. The Hall–Kier alpha value is -0.120. The molecule has 0 aromatic rings. The van der Waals surface area contributed by atoms with Gasteiger partial charge in [0.25, 0.3) is 0 Å². The van der Waals surface area contributed by atoms with Crippen LogP contribution in [0.1, 0.15) is 19.3 Å². The molecular weight excluding hydrogens is 164 g/mol. The molecule has 1 unspecified atom stereocenters. The Balaban J connectivity index is 1.69. The van der Waals surface area contributed by atoms with E-state index in [1.165, 1.54) is 32.4 Å². The lowest BCUT2D eigenvalue weighted by molar-refractivity contribution is 0.0321. The molecule has 0 aromatic heterocycles. The van der Waals surface area contributed by atoms with Gasteiger partial charge in [-0.1, -0.05) is 6.42 Å². The monoisotopic (exact) mass is 184 g/mol. The second-order valence-electron chi connectivity index (χ2n) is 4.06. The van der Waals surface area contributed by atoms with Crippen LogP contribution in [0.2, 0.25) is 0 Å². The van der Waals surface area contributed by atoms with E-state index < -0.39 is 0 Å². The topological polar surface area (TPSA) is 24.5 Å². The van der Waals surface area contributed by atoms with Gasteiger partial charge < -0.3 is 10.1 Å². The van der Waals surface area contributed by atoms with Crippen LogP contribution in [0.3, 0.4) is 0 Å². The summed E-state index contributed by atoms with van der Waals surface area (Å²) in [4.78, 5) is 2.52. The van der Waals surface area contributed by atoms with Gasteiger partial charge >= 0.3 is 0 Å². The van der Waals surface area contributed by atoms with E-state index in [1.54, 1.807) is 0 Å². The fourth-order valence-electron chi connectivity index (χ4n) is 2.18. The molecule has 0 aromatic carbocycles. The van der Waals surface area contributed by atoms with Crippen molar-refractivity contribution in [3.05, 3.63) is 0 Å². The van der Waals surface area contributed by atoms with Gasteiger partial charge in [0.15, 0.2) is 0 Å². The Labute approximate surface area is 80.4 Å². The fourth-order valence-corrected chi connectivity index (χ4v) is 2.18. The molecule has 0 spiro atoms. The Morgan fingerprint density at radius 1 is 1.23 bits per heavy atom. The number of nitrogens with one attached hydrogen (secondary N) is 1. The van der Waals surface area contributed by atoms with Gasteiger partial charge in [0.2, 0.25) is 0 Å². The van der Waals surface area contributed by atoms with Gasteiger partial charge in [-0.05, 0) is 19.4 Å². The molecule has 13 heavy (non-hydrogen) atoms. The highest BCUT2D eigenvalue weighted by Crippen LogP contribution is 2.09. The van der Waals surface area contributed by atoms with Gasteiger partial charge in [0.1, 0.15) is 0 Å². The first-order chi connectivity index (χ1) is 6.45. The summed E-state index contributed by atoms with van der Waals surface area (Å²) >= 11 is 0. The van der Waals surface area contributed by atoms with Crippen LogP contribution in [-0.2, 0) is 4.74 Å². The van der Waals surface area contributed by atoms with Crippen molar-refractivity contribution in [2.75, 3.05) is 39.4 Å². The molecule has 0 saturated carbocycles. The minimum atomic E-state index is 0.742. The molecule has 2 rings (SSSR count). The average molecular weight is 184 g/mol. The minimum absolute atomic E-state index is 0.742. The Morgan fingerprint density at radius 2 is 2.08 bits per heavy atom. The lowest BCUT2D eigenvalue weighted by Crippen LogP contribution is -2.47. The molecule has 0 aliphatic carbocycles. The van der Waals surface area contributed by atoms with Crippen molar-refractivity contribution in [3.63, 3.8) is 0 Å². The predicted molar refractivity (Wildman–Crippen MR) is 52.9 cm³/mol. The first kappa shape index (κ1) is 9.44. The second kappa shape index (κ2) is 4.94. The van der Waals surface area contributed by atoms with Crippen molar-refractivity contribution in [2.45, 2.75) is 25.3 Å². The summed E-state index contributed by atoms with van der Waals surface area (Å²) in [6, 6.07) is 0.742. The summed E-state index contributed by atoms with van der Waals surface area (Å²) in [6.07, 6.45) is 4.12. The summed E-state index contributed by atoms with van der Waals surface area (Å²) in [5, 5.41) is 3.58. The summed E-state index contributed by atoms with van der Waals surface area (Å²) < 4.78 is 5.33. The smallest absolute Gasteiger partial charge is 0.0594 e. The highest BCUT2D eigenvalue weighted by atomic mass is 16.5. The molecular formula is C10H20N2O. The van der Waals surface area contributed by atoms with Crippen LogP contribution < -0.4 is 5.32 Å². The normalized spacial score (nSPS) is 31.8. The van der Waals surface area contributed by atoms with Crippen LogP contribution >= 0.6 is 0 Å². The first-order valence-electron chi connectivity index (χ1n) is 5.48. The molecule has 2 aliphatic heterocycles. The Bertz CT molecular complexity index is 124. The standard InChI is InChI=1S/C10H20N2O/c1-2-4-11-10(3-1)9-12-5-7-13-8-6-12/h10-11H,1-9H2. The van der Waals surface area contributed by atoms with Crippen LogP contribution in [-0.4, -0.2) is 50.3 Å². The summed E-state index contributed by atoms with van der Waals surface area (Å²) in [5.74, 6) is 0. The molecule has 2 heterocycles. The lowest BCUT2D eigenvalue weighted by atomic mass is 10.0. The SMILES string of the molecule is C1CCC(CN2CCOCC2)NC1. The van der Waals surface area contributed by atoms with Gasteiger partial charge in [-0.15, -0.1) is 0 Å². The van der Waals surface area contributed by atoms with E-state index in [1.807, 2.05) is 0 Å². The van der Waals surface area contributed by atoms with E-state index in [9.17, 15) is 0 Å². The first-order valence-corrected chi connectivity index (χ1v) is 5.48. The molecule has 3 nitrogen and oxygen atoms in total. The molecule has 0 amide bonds. The van der Waals surface area contributed by atoms with E-state index in [0.29, 0.717) is 0 Å². The predicted octanol–water partition coefficient (Wildman–Crippen LogP) is 0.461. The Morgan fingerprint density at radius 3 is 2.77 bits per heavy atom. The van der Waals surface area contributed by atoms with Crippen LogP contribution in [0.5, 0.6) is 0 Å². The van der Waals surface area contributed by atoms with E-state index >= 15 is 0 Å². The lowest BCUT2D eigenvalue weighted by Gasteiger charge is -2.32. The zero-order chi connectivity index (χ0) is 8.93. The molecule has 76 valence electrons. The van der Waals surface area contributed by atoms with Crippen molar-refractivity contribution < 1.29 is 4.74 Å². The third-order valence-corrected chi connectivity index (χ3v) is 2.99. The highest BCUT2D eigenvalue weighted by molar-refractivity contribution is 4.76. The van der Waals surface area contributed by atoms with Gasteiger partial charge in [-0.2, -0.15) is 0 Å². The second-order valence-corrected chi connectivity index (χ2v) is 4.06. The van der Waals surface area contributed by atoms with E-state index in [0.717, 1.165) is 32.3 Å². The highest BCUT2D eigenvalue weighted by Gasteiger charge is 2.17. The Kier molecular flexibility index (Phi) is 3.58. The average Bonchev–Trinajstić information content (AvgIpc) is 2.21. The van der Waals surface area contributed by atoms with E-state index in [4.69, 9.17) is 4.74 Å². The van der Waals surface area contributed by atoms with Crippen molar-refractivity contribution in [3.8, 4) is 0 Å². The molecule has 2 saturated heterocycles. The van der Waals surface area contributed by atoms with Crippen molar-refractivity contribution in [1.29, 1.82) is 0 Å². The van der Waals surface area contributed by atoms with Crippen LogP contribution in [0.25, 0.3) is 0 Å². The van der Waals surface area contributed by atoms with Gasteiger partial charge in [0, 0.05) is 25.7 Å². The van der Waals surface area contributed by atoms with Crippen molar-refractivity contribution >= 4 is 0 Å². The van der Waals surface area contributed by atoms with E-state index in [2.05, 4.69) is 10.2 Å². The minimum Gasteiger partial charge on any atom is -0.379 e. The quantitative estimate of drug-likeness (QED) is 0.675. The van der Waals surface area contributed by atoms with Crippen molar-refractivity contribution in [2.24, 2.45) is 0 Å². The molecule has 0 radical (unpaired) electrons. The largest absolute Gasteiger partial charge is 0.379 e. The number of ether oxygens (including phenoxy) is 1. The number of morpholine rings is 1. The molecule has 3 heteroatoms. The molecule has 1 N–H and O–H groups in total. The van der Waals surface area contributed by atoms with Gasteiger partial charge in [-0.3, -0.25) is 4.90 Å². The molecule has 0 bridgehead atoms. The molecule has 2 fully saturated rings. The number of rotatable bonds is 2. The van der Waals surface area contributed by atoms with Gasteiger partial charge in [-0.25, -0.2) is 0 Å². The number of hydrogen-bond donors (Lipinski definition) is 1. The van der Waals surface area contributed by atoms with Crippen LogP contribution in [0.15, 0.2) is 0 Å². The summed E-state index contributed by atoms with van der Waals surface area (Å²) in [5.41, 5.74) is 0. The fraction of sp³-hybridized carbons (Fsp3) is 1.00. The van der Waals surface area contributed by atoms with Crippen LogP contribution in [0.4, 0.5) is 0 Å². The maximum Gasteiger partial charge on any atom is 0.0594 e. The van der Waals surface area contributed by atoms with Crippen molar-refractivity contribution in [1.82, 2.24) is 10.2 Å².